The average molecular weight is 269 g/mol. The van der Waals surface area contributed by atoms with Gasteiger partial charge in [-0.2, -0.15) is 0 Å². The third-order valence-electron chi connectivity index (χ3n) is 2.30. The highest BCUT2D eigenvalue weighted by molar-refractivity contribution is 5.85. The summed E-state index contributed by atoms with van der Waals surface area (Å²) in [6.45, 7) is 0. The predicted molar refractivity (Wildman–Crippen MR) is 72.4 cm³/mol. The van der Waals surface area contributed by atoms with Crippen LogP contribution in [0.4, 0.5) is 11.4 Å². The standard InChI is InChI=1S/C12H12N2O3.ClH/c13-7-5-6-10(12(16)11(7)14)17-9-4-2-1-3-8(9)15;/h1-6,15-16H,13-14H2;1H. The van der Waals surface area contributed by atoms with Crippen molar-refractivity contribution in [2.75, 3.05) is 11.5 Å². The lowest BCUT2D eigenvalue weighted by Gasteiger charge is -2.11. The second-order valence-electron chi connectivity index (χ2n) is 3.48. The van der Waals surface area contributed by atoms with E-state index in [0.29, 0.717) is 0 Å². The van der Waals surface area contributed by atoms with Gasteiger partial charge in [0.05, 0.1) is 5.69 Å². The molecule has 0 amide bonds. The van der Waals surface area contributed by atoms with Crippen molar-refractivity contribution in [1.29, 1.82) is 0 Å². The number of nitrogens with two attached hydrogens (primary N) is 2. The number of aromatic hydroxyl groups is 2. The zero-order valence-corrected chi connectivity index (χ0v) is 10.1. The molecule has 0 heterocycles. The van der Waals surface area contributed by atoms with Crippen LogP contribution in [0.2, 0.25) is 0 Å². The van der Waals surface area contributed by atoms with Crippen LogP contribution in [-0.2, 0) is 0 Å². The maximum absolute atomic E-state index is 9.72. The summed E-state index contributed by atoms with van der Waals surface area (Å²) in [6, 6.07) is 9.42. The Kier molecular flexibility index (Phi) is 4.12. The molecule has 2 aromatic carbocycles. The van der Waals surface area contributed by atoms with Crippen LogP contribution in [0.3, 0.4) is 0 Å². The van der Waals surface area contributed by atoms with Crippen LogP contribution in [0.15, 0.2) is 36.4 Å². The SMILES string of the molecule is Cl.Nc1ccc(Oc2ccccc2O)c(O)c1N. The summed E-state index contributed by atoms with van der Waals surface area (Å²) in [5, 5.41) is 19.2. The van der Waals surface area contributed by atoms with Gasteiger partial charge in [0.1, 0.15) is 5.69 Å². The van der Waals surface area contributed by atoms with E-state index in [2.05, 4.69) is 0 Å². The molecule has 0 spiro atoms. The Hall–Kier alpha value is -2.27. The van der Waals surface area contributed by atoms with E-state index in [-0.39, 0.29) is 46.8 Å². The predicted octanol–water partition coefficient (Wildman–Crippen LogP) is 2.48. The molecule has 6 N–H and O–H groups in total. The first-order valence-electron chi connectivity index (χ1n) is 4.92. The fourth-order valence-corrected chi connectivity index (χ4v) is 1.35. The maximum atomic E-state index is 9.72. The zero-order valence-electron chi connectivity index (χ0n) is 9.33. The van der Waals surface area contributed by atoms with Gasteiger partial charge in [0.2, 0.25) is 0 Å². The average Bonchev–Trinajstić information content (AvgIpc) is 2.32. The molecule has 5 nitrogen and oxygen atoms in total. The van der Waals surface area contributed by atoms with E-state index in [1.54, 1.807) is 18.2 Å². The molecule has 2 aromatic rings. The highest BCUT2D eigenvalue weighted by Gasteiger charge is 2.11. The number of anilines is 2. The number of phenols is 2. The molecule has 0 bridgehead atoms. The first-order valence-corrected chi connectivity index (χ1v) is 4.92. The summed E-state index contributed by atoms with van der Waals surface area (Å²) in [5.74, 6) is 0.0979. The number of hydrogen-bond acceptors (Lipinski definition) is 5. The third-order valence-corrected chi connectivity index (χ3v) is 2.30. The van der Waals surface area contributed by atoms with E-state index in [0.717, 1.165) is 0 Å². The summed E-state index contributed by atoms with van der Waals surface area (Å²) in [4.78, 5) is 0. The van der Waals surface area contributed by atoms with Gasteiger partial charge < -0.3 is 26.4 Å². The van der Waals surface area contributed by atoms with E-state index >= 15 is 0 Å². The number of rotatable bonds is 2. The Morgan fingerprint density at radius 2 is 1.56 bits per heavy atom. The molecular formula is C12H13ClN2O3. The van der Waals surface area contributed by atoms with Gasteiger partial charge in [-0.3, -0.25) is 0 Å². The molecule has 0 aliphatic rings. The van der Waals surface area contributed by atoms with Crippen molar-refractivity contribution in [1.82, 2.24) is 0 Å². The smallest absolute Gasteiger partial charge is 0.184 e. The van der Waals surface area contributed by atoms with Crippen LogP contribution >= 0.6 is 12.4 Å². The summed E-state index contributed by atoms with van der Waals surface area (Å²) < 4.78 is 5.34. The molecule has 0 atom stereocenters. The molecule has 2 rings (SSSR count). The molecule has 0 unspecified atom stereocenters. The molecule has 96 valence electrons. The molecular weight excluding hydrogens is 256 g/mol. The number of phenolic OH excluding ortho intramolecular Hbond substituents is 2. The minimum atomic E-state index is -0.242. The highest BCUT2D eigenvalue weighted by Crippen LogP contribution is 2.40. The monoisotopic (exact) mass is 268 g/mol. The van der Waals surface area contributed by atoms with E-state index < -0.39 is 0 Å². The van der Waals surface area contributed by atoms with Gasteiger partial charge in [0, 0.05) is 0 Å². The Morgan fingerprint density at radius 1 is 0.889 bits per heavy atom. The van der Waals surface area contributed by atoms with Crippen LogP contribution in [0.25, 0.3) is 0 Å². The van der Waals surface area contributed by atoms with Crippen LogP contribution in [0.5, 0.6) is 23.0 Å². The van der Waals surface area contributed by atoms with E-state index in [1.165, 1.54) is 18.2 Å². The molecule has 0 aliphatic heterocycles. The van der Waals surface area contributed by atoms with Gasteiger partial charge >= 0.3 is 0 Å². The lowest BCUT2D eigenvalue weighted by Crippen LogP contribution is -1.96. The van der Waals surface area contributed by atoms with Crippen molar-refractivity contribution in [3.8, 4) is 23.0 Å². The molecule has 0 saturated carbocycles. The van der Waals surface area contributed by atoms with E-state index in [1.807, 2.05) is 0 Å². The van der Waals surface area contributed by atoms with Gasteiger partial charge in [-0.05, 0) is 24.3 Å². The van der Waals surface area contributed by atoms with Gasteiger partial charge in [0.15, 0.2) is 23.0 Å². The molecule has 0 saturated heterocycles. The van der Waals surface area contributed by atoms with Crippen LogP contribution in [0, 0.1) is 0 Å². The Labute approximate surface area is 110 Å². The maximum Gasteiger partial charge on any atom is 0.184 e. The fraction of sp³-hybridized carbons (Fsp3) is 0. The number of halogens is 1. The van der Waals surface area contributed by atoms with Crippen molar-refractivity contribution in [2.24, 2.45) is 0 Å². The topological polar surface area (TPSA) is 102 Å². The summed E-state index contributed by atoms with van der Waals surface area (Å²) in [7, 11) is 0. The van der Waals surface area contributed by atoms with Crippen molar-refractivity contribution in [3.05, 3.63) is 36.4 Å². The van der Waals surface area contributed by atoms with Crippen LogP contribution < -0.4 is 16.2 Å². The largest absolute Gasteiger partial charge is 0.504 e. The minimum absolute atomic E-state index is 0. The summed E-state index contributed by atoms with van der Waals surface area (Å²) in [6.07, 6.45) is 0. The highest BCUT2D eigenvalue weighted by atomic mass is 35.5. The molecule has 6 heteroatoms. The van der Waals surface area contributed by atoms with Crippen molar-refractivity contribution in [3.63, 3.8) is 0 Å². The number of para-hydroxylation sites is 2. The Balaban J connectivity index is 0.00000162. The molecule has 0 radical (unpaired) electrons. The normalized spacial score (nSPS) is 9.56. The van der Waals surface area contributed by atoms with Crippen molar-refractivity contribution < 1.29 is 14.9 Å². The first kappa shape index (κ1) is 13.8. The molecule has 0 aromatic heterocycles. The number of nitrogen functional groups attached to an aromatic ring is 2. The van der Waals surface area contributed by atoms with Gasteiger partial charge in [-0.25, -0.2) is 0 Å². The molecule has 18 heavy (non-hydrogen) atoms. The Bertz CT molecular complexity index is 561. The van der Waals surface area contributed by atoms with E-state index in [9.17, 15) is 10.2 Å². The van der Waals surface area contributed by atoms with E-state index in [4.69, 9.17) is 16.2 Å². The second-order valence-corrected chi connectivity index (χ2v) is 3.48. The molecule has 0 fully saturated rings. The Morgan fingerprint density at radius 3 is 2.22 bits per heavy atom. The number of hydrogen-bond donors (Lipinski definition) is 4. The lowest BCUT2D eigenvalue weighted by molar-refractivity contribution is 0.386. The summed E-state index contributed by atoms with van der Waals surface area (Å²) in [5.41, 5.74) is 11.4. The third kappa shape index (κ3) is 2.52. The molecule has 0 aliphatic carbocycles. The van der Waals surface area contributed by atoms with Crippen molar-refractivity contribution >= 4 is 23.8 Å². The first-order chi connectivity index (χ1) is 8.09. The van der Waals surface area contributed by atoms with Crippen LogP contribution in [-0.4, -0.2) is 10.2 Å². The quantitative estimate of drug-likeness (QED) is 0.495. The van der Waals surface area contributed by atoms with Crippen LogP contribution in [0.1, 0.15) is 0 Å². The van der Waals surface area contributed by atoms with Gasteiger partial charge in [-0.15, -0.1) is 12.4 Å². The lowest BCUT2D eigenvalue weighted by atomic mass is 10.2. The zero-order chi connectivity index (χ0) is 12.4. The number of benzene rings is 2. The number of ether oxygens (including phenoxy) is 1. The fourth-order valence-electron chi connectivity index (χ4n) is 1.35. The summed E-state index contributed by atoms with van der Waals surface area (Å²) >= 11 is 0. The van der Waals surface area contributed by atoms with Gasteiger partial charge in [-0.1, -0.05) is 12.1 Å². The van der Waals surface area contributed by atoms with Crippen molar-refractivity contribution in [2.45, 2.75) is 0 Å². The second kappa shape index (κ2) is 5.37. The minimum Gasteiger partial charge on any atom is -0.504 e. The van der Waals surface area contributed by atoms with Gasteiger partial charge in [0.25, 0.3) is 0 Å².